The van der Waals surface area contributed by atoms with E-state index in [1.807, 2.05) is 0 Å². The predicted octanol–water partition coefficient (Wildman–Crippen LogP) is 7.00. The van der Waals surface area contributed by atoms with Gasteiger partial charge in [-0.05, 0) is 106 Å². The number of carbonyl (C=O) groups is 1. The van der Waals surface area contributed by atoms with E-state index in [1.54, 1.807) is 0 Å². The normalized spacial score (nSPS) is 44.9. The number of likely N-dealkylation sites (tertiary alicyclic amines) is 1. The summed E-state index contributed by atoms with van der Waals surface area (Å²) in [7, 11) is 0. The van der Waals surface area contributed by atoms with Crippen molar-refractivity contribution in [1.82, 2.24) is 4.90 Å². The van der Waals surface area contributed by atoms with Gasteiger partial charge in [-0.15, -0.1) is 0 Å². The Morgan fingerprint density at radius 1 is 0.905 bits per heavy atom. The maximum absolute atomic E-state index is 14.5. The third-order valence-corrected chi connectivity index (χ3v) is 13.6. The average Bonchev–Trinajstić information content (AvgIpc) is 3.21. The first-order chi connectivity index (χ1) is 20.0. The molecule has 6 aliphatic carbocycles. The molecule has 0 amide bonds. The molecule has 3 saturated carbocycles. The SMILES string of the molecule is CC12CCC(O)CC13C=CC1(C(C(=O)c4ccc(F)c(F)c4)=C3)C2CCC2(C)C1CCC2(O)CN1CCCCCCC1. The van der Waals surface area contributed by atoms with Crippen LogP contribution in [0.25, 0.3) is 0 Å². The lowest BCUT2D eigenvalue weighted by atomic mass is 9.32. The topological polar surface area (TPSA) is 60.8 Å². The number of nitrogens with zero attached hydrogens (tertiary/aromatic N) is 1. The molecule has 2 bridgehead atoms. The molecule has 1 heterocycles. The molecule has 4 fully saturated rings. The molecule has 2 N–H and O–H groups in total. The van der Waals surface area contributed by atoms with E-state index in [2.05, 4.69) is 37.0 Å². The number of aliphatic hydroxyl groups is 2. The number of allylic oxidation sites excluding steroid dienone is 4. The summed E-state index contributed by atoms with van der Waals surface area (Å²) in [5.74, 6) is -1.98. The van der Waals surface area contributed by atoms with Crippen LogP contribution in [0.5, 0.6) is 0 Å². The van der Waals surface area contributed by atoms with E-state index in [-0.39, 0.29) is 34.0 Å². The van der Waals surface area contributed by atoms with Crippen LogP contribution < -0.4 is 0 Å². The Morgan fingerprint density at radius 2 is 1.57 bits per heavy atom. The number of hydrogen-bond donors (Lipinski definition) is 2. The minimum absolute atomic E-state index is 0.0576. The maximum Gasteiger partial charge on any atom is 0.189 e. The van der Waals surface area contributed by atoms with E-state index in [1.165, 1.54) is 38.2 Å². The van der Waals surface area contributed by atoms with Gasteiger partial charge in [0.15, 0.2) is 17.4 Å². The van der Waals surface area contributed by atoms with E-state index in [4.69, 9.17) is 0 Å². The van der Waals surface area contributed by atoms with Gasteiger partial charge in [0.2, 0.25) is 0 Å². The van der Waals surface area contributed by atoms with Crippen LogP contribution in [-0.4, -0.2) is 52.2 Å². The van der Waals surface area contributed by atoms with Gasteiger partial charge in [-0.3, -0.25) is 4.79 Å². The van der Waals surface area contributed by atoms with Gasteiger partial charge in [0.05, 0.1) is 11.7 Å². The highest BCUT2D eigenvalue weighted by Crippen LogP contribution is 2.78. The minimum Gasteiger partial charge on any atom is -0.393 e. The lowest BCUT2D eigenvalue weighted by Gasteiger charge is -2.71. The van der Waals surface area contributed by atoms with Crippen molar-refractivity contribution >= 4 is 5.78 Å². The smallest absolute Gasteiger partial charge is 0.189 e. The van der Waals surface area contributed by atoms with Crippen molar-refractivity contribution in [1.29, 1.82) is 0 Å². The molecular formula is C36H47F2NO3. The molecule has 1 aliphatic heterocycles. The van der Waals surface area contributed by atoms with Gasteiger partial charge in [0, 0.05) is 33.9 Å². The Bertz CT molecular complexity index is 1330. The van der Waals surface area contributed by atoms with Crippen molar-refractivity contribution < 1.29 is 23.8 Å². The Kier molecular flexibility index (Phi) is 6.74. The Labute approximate surface area is 249 Å². The lowest BCUT2D eigenvalue weighted by Crippen LogP contribution is -2.67. The fourth-order valence-corrected chi connectivity index (χ4v) is 11.2. The van der Waals surface area contributed by atoms with Crippen molar-refractivity contribution in [2.24, 2.45) is 33.5 Å². The van der Waals surface area contributed by atoms with Crippen LogP contribution in [0.15, 0.2) is 42.0 Å². The average molecular weight is 580 g/mol. The highest BCUT2D eigenvalue weighted by molar-refractivity contribution is 6.10. The number of aliphatic hydroxyl groups excluding tert-OH is 1. The summed E-state index contributed by atoms with van der Waals surface area (Å²) in [6.45, 7) is 7.37. The number of carbonyl (C=O) groups excluding carboxylic acids is 1. The highest BCUT2D eigenvalue weighted by Gasteiger charge is 2.74. The van der Waals surface area contributed by atoms with Crippen molar-refractivity contribution in [3.63, 3.8) is 0 Å². The fraction of sp³-hybridized carbons (Fsp3) is 0.694. The number of fused-ring (bicyclic) bond motifs is 1. The molecule has 1 aromatic carbocycles. The van der Waals surface area contributed by atoms with Crippen LogP contribution in [0.4, 0.5) is 8.78 Å². The molecule has 4 nitrogen and oxygen atoms in total. The van der Waals surface area contributed by atoms with Crippen LogP contribution in [0, 0.1) is 45.1 Å². The minimum atomic E-state index is -1.01. The Balaban J connectivity index is 1.33. The second-order valence-corrected chi connectivity index (χ2v) is 15.3. The van der Waals surface area contributed by atoms with E-state index < -0.39 is 34.2 Å². The van der Waals surface area contributed by atoms with Gasteiger partial charge < -0.3 is 15.1 Å². The van der Waals surface area contributed by atoms with Gasteiger partial charge in [-0.1, -0.05) is 51.3 Å². The standard InChI is InChI=1S/C36H47F2NO3/c1-32-13-10-25(40)21-34(32)16-17-36(26(22-34)31(41)24-8-9-27(37)28(38)20-24)29(32)11-14-33(2)30(36)12-15-35(33,42)23-39-18-6-4-3-5-7-19-39/h8-9,16-17,20,22,25,29-30,40,42H,3-7,10-15,18-19,21,23H2,1-2H3. The molecule has 6 heteroatoms. The highest BCUT2D eigenvalue weighted by atomic mass is 19.2. The first kappa shape index (κ1) is 28.9. The third kappa shape index (κ3) is 3.83. The molecule has 8 rings (SSSR count). The van der Waals surface area contributed by atoms with Crippen LogP contribution in [0.1, 0.15) is 101 Å². The summed E-state index contributed by atoms with van der Waals surface area (Å²) in [6.07, 6.45) is 18.0. The summed E-state index contributed by atoms with van der Waals surface area (Å²) in [5.41, 5.74) is -1.54. The number of rotatable bonds is 4. The zero-order chi connectivity index (χ0) is 29.5. The largest absolute Gasteiger partial charge is 0.393 e. The van der Waals surface area contributed by atoms with E-state index in [0.717, 1.165) is 57.3 Å². The second-order valence-electron chi connectivity index (χ2n) is 15.3. The molecule has 1 saturated heterocycles. The van der Waals surface area contributed by atoms with E-state index in [9.17, 15) is 23.8 Å². The predicted molar refractivity (Wildman–Crippen MR) is 159 cm³/mol. The van der Waals surface area contributed by atoms with Gasteiger partial charge >= 0.3 is 0 Å². The van der Waals surface area contributed by atoms with Crippen molar-refractivity contribution in [2.45, 2.75) is 103 Å². The molecule has 228 valence electrons. The van der Waals surface area contributed by atoms with Crippen molar-refractivity contribution in [2.75, 3.05) is 19.6 Å². The summed E-state index contributed by atoms with van der Waals surface area (Å²) < 4.78 is 28.3. The Hall–Kier alpha value is -1.89. The lowest BCUT2D eigenvalue weighted by molar-refractivity contribution is -0.176. The van der Waals surface area contributed by atoms with Crippen molar-refractivity contribution in [3.05, 3.63) is 59.2 Å². The first-order valence-corrected chi connectivity index (χ1v) is 16.5. The molecule has 8 unspecified atom stereocenters. The van der Waals surface area contributed by atoms with Gasteiger partial charge in [0.25, 0.3) is 0 Å². The molecule has 8 atom stereocenters. The quantitative estimate of drug-likeness (QED) is 0.298. The number of hydrogen-bond acceptors (Lipinski definition) is 4. The zero-order valence-electron chi connectivity index (χ0n) is 25.3. The fourth-order valence-electron chi connectivity index (χ4n) is 11.2. The number of benzene rings is 1. The summed E-state index contributed by atoms with van der Waals surface area (Å²) >= 11 is 0. The number of β-amino-alcohol motifs (C(OH)–C–C–N with tert-alkyl or cyclic N) is 1. The molecule has 7 aliphatic rings. The second kappa shape index (κ2) is 9.81. The Morgan fingerprint density at radius 3 is 2.31 bits per heavy atom. The van der Waals surface area contributed by atoms with Crippen LogP contribution in [0.2, 0.25) is 0 Å². The third-order valence-electron chi connectivity index (χ3n) is 13.6. The summed E-state index contributed by atoms with van der Waals surface area (Å²) in [6, 6.07) is 3.49. The van der Waals surface area contributed by atoms with E-state index in [0.29, 0.717) is 25.0 Å². The molecule has 0 aromatic heterocycles. The molecular weight excluding hydrogens is 532 g/mol. The van der Waals surface area contributed by atoms with Crippen LogP contribution in [-0.2, 0) is 0 Å². The van der Waals surface area contributed by atoms with E-state index >= 15 is 0 Å². The number of ketones is 1. The molecule has 2 spiro atoms. The summed E-state index contributed by atoms with van der Waals surface area (Å²) in [5, 5.41) is 23.5. The first-order valence-electron chi connectivity index (χ1n) is 16.5. The van der Waals surface area contributed by atoms with Crippen LogP contribution in [0.3, 0.4) is 0 Å². The number of Topliss-reactive ketones (excluding diaryl/α,β-unsaturated/α-hetero) is 1. The van der Waals surface area contributed by atoms with Crippen LogP contribution >= 0.6 is 0 Å². The number of halogens is 2. The van der Waals surface area contributed by atoms with Gasteiger partial charge in [0.1, 0.15) is 0 Å². The zero-order valence-corrected chi connectivity index (χ0v) is 25.3. The molecule has 42 heavy (non-hydrogen) atoms. The molecule has 0 radical (unpaired) electrons. The molecule has 1 aromatic rings. The van der Waals surface area contributed by atoms with Gasteiger partial charge in [-0.2, -0.15) is 0 Å². The summed E-state index contributed by atoms with van der Waals surface area (Å²) in [4.78, 5) is 17.0. The maximum atomic E-state index is 14.5. The van der Waals surface area contributed by atoms with Crippen molar-refractivity contribution in [3.8, 4) is 0 Å². The monoisotopic (exact) mass is 579 g/mol. The van der Waals surface area contributed by atoms with Gasteiger partial charge in [-0.25, -0.2) is 8.78 Å².